The van der Waals surface area contributed by atoms with Gasteiger partial charge in [-0.25, -0.2) is 0 Å². The number of nitrogens with one attached hydrogen (secondary N) is 1. The van der Waals surface area contributed by atoms with Crippen LogP contribution in [0.4, 0.5) is 0 Å². The Hall–Kier alpha value is -0.860. The molecule has 1 N–H and O–H groups in total. The summed E-state index contributed by atoms with van der Waals surface area (Å²) in [6.07, 6.45) is 4.09. The number of hydrogen-bond acceptors (Lipinski definition) is 2. The van der Waals surface area contributed by atoms with Crippen molar-refractivity contribution < 1.29 is 0 Å². The molecule has 1 aliphatic heterocycles. The molecule has 17 heavy (non-hydrogen) atoms. The Labute approximate surface area is 105 Å². The van der Waals surface area contributed by atoms with E-state index in [4.69, 9.17) is 0 Å². The van der Waals surface area contributed by atoms with Crippen LogP contribution in [0.25, 0.3) is 0 Å². The van der Waals surface area contributed by atoms with Gasteiger partial charge in [0.05, 0.1) is 0 Å². The lowest BCUT2D eigenvalue weighted by Crippen LogP contribution is -2.32. The normalized spacial score (nSPS) is 20.7. The van der Waals surface area contributed by atoms with Crippen molar-refractivity contribution in [1.29, 1.82) is 0 Å². The zero-order valence-corrected chi connectivity index (χ0v) is 10.9. The van der Waals surface area contributed by atoms with Crippen molar-refractivity contribution in [2.24, 2.45) is 5.92 Å². The summed E-state index contributed by atoms with van der Waals surface area (Å²) in [5, 5.41) is 3.49. The SMILES string of the molecule is CN(CC[C@@H]1CCCNC1)Cc1ccccc1. The molecule has 0 bridgehead atoms. The first-order valence-corrected chi connectivity index (χ1v) is 6.78. The first-order chi connectivity index (χ1) is 8.34. The van der Waals surface area contributed by atoms with Crippen LogP contribution < -0.4 is 5.32 Å². The van der Waals surface area contributed by atoms with Crippen LogP contribution in [0, 0.1) is 5.92 Å². The molecule has 0 saturated carbocycles. The molecule has 0 amide bonds. The lowest BCUT2D eigenvalue weighted by atomic mass is 9.96. The molecule has 2 nitrogen and oxygen atoms in total. The largest absolute Gasteiger partial charge is 0.316 e. The fourth-order valence-corrected chi connectivity index (χ4v) is 2.55. The van der Waals surface area contributed by atoms with E-state index >= 15 is 0 Å². The van der Waals surface area contributed by atoms with Crippen LogP contribution in [0.5, 0.6) is 0 Å². The maximum Gasteiger partial charge on any atom is 0.0230 e. The molecule has 1 aromatic carbocycles. The summed E-state index contributed by atoms with van der Waals surface area (Å²) in [6, 6.07) is 10.7. The van der Waals surface area contributed by atoms with Crippen molar-refractivity contribution in [1.82, 2.24) is 10.2 Å². The van der Waals surface area contributed by atoms with Crippen LogP contribution >= 0.6 is 0 Å². The van der Waals surface area contributed by atoms with Crippen molar-refractivity contribution in [3.05, 3.63) is 35.9 Å². The lowest BCUT2D eigenvalue weighted by Gasteiger charge is -2.25. The second-order valence-electron chi connectivity index (χ2n) is 5.22. The predicted octanol–water partition coefficient (Wildman–Crippen LogP) is 2.51. The Kier molecular flexibility index (Phi) is 5.02. The summed E-state index contributed by atoms with van der Waals surface area (Å²) in [5.74, 6) is 0.891. The molecule has 2 rings (SSSR count). The van der Waals surface area contributed by atoms with Crippen molar-refractivity contribution in [3.8, 4) is 0 Å². The topological polar surface area (TPSA) is 15.3 Å². The van der Waals surface area contributed by atoms with E-state index < -0.39 is 0 Å². The second kappa shape index (κ2) is 6.77. The van der Waals surface area contributed by atoms with Crippen LogP contribution in [0.15, 0.2) is 30.3 Å². The highest BCUT2D eigenvalue weighted by atomic mass is 15.1. The van der Waals surface area contributed by atoms with E-state index in [0.29, 0.717) is 0 Å². The fourth-order valence-electron chi connectivity index (χ4n) is 2.55. The minimum Gasteiger partial charge on any atom is -0.316 e. The van der Waals surface area contributed by atoms with Crippen molar-refractivity contribution >= 4 is 0 Å². The Morgan fingerprint density at radius 2 is 2.12 bits per heavy atom. The van der Waals surface area contributed by atoms with Crippen LogP contribution in [-0.2, 0) is 6.54 Å². The van der Waals surface area contributed by atoms with Crippen molar-refractivity contribution in [2.45, 2.75) is 25.8 Å². The molecule has 1 fully saturated rings. The minimum absolute atomic E-state index is 0.891. The number of nitrogens with zero attached hydrogens (tertiary/aromatic N) is 1. The molecule has 1 saturated heterocycles. The molecule has 1 heterocycles. The molecular formula is C15H24N2. The van der Waals surface area contributed by atoms with Crippen LogP contribution in [0.2, 0.25) is 0 Å². The van der Waals surface area contributed by atoms with Crippen LogP contribution in [0.1, 0.15) is 24.8 Å². The Bertz CT molecular complexity index is 304. The Morgan fingerprint density at radius 1 is 1.29 bits per heavy atom. The van der Waals surface area contributed by atoms with E-state index in [1.54, 1.807) is 0 Å². The third-order valence-electron chi connectivity index (χ3n) is 3.61. The van der Waals surface area contributed by atoms with E-state index in [9.17, 15) is 0 Å². The number of hydrogen-bond donors (Lipinski definition) is 1. The van der Waals surface area contributed by atoms with E-state index in [-0.39, 0.29) is 0 Å². The van der Waals surface area contributed by atoms with Gasteiger partial charge in [-0.05, 0) is 57.4 Å². The van der Waals surface area contributed by atoms with Crippen molar-refractivity contribution in [2.75, 3.05) is 26.7 Å². The molecule has 94 valence electrons. The maximum absolute atomic E-state index is 3.49. The molecular weight excluding hydrogens is 208 g/mol. The summed E-state index contributed by atoms with van der Waals surface area (Å²) in [5.41, 5.74) is 1.41. The zero-order chi connectivity index (χ0) is 11.9. The maximum atomic E-state index is 3.49. The van der Waals surface area contributed by atoms with E-state index in [1.807, 2.05) is 0 Å². The monoisotopic (exact) mass is 232 g/mol. The molecule has 1 aliphatic rings. The first-order valence-electron chi connectivity index (χ1n) is 6.78. The number of rotatable bonds is 5. The van der Waals surface area contributed by atoms with Gasteiger partial charge in [-0.2, -0.15) is 0 Å². The molecule has 2 heteroatoms. The lowest BCUT2D eigenvalue weighted by molar-refractivity contribution is 0.268. The molecule has 0 aliphatic carbocycles. The van der Waals surface area contributed by atoms with Gasteiger partial charge in [-0.15, -0.1) is 0 Å². The standard InChI is InChI=1S/C15H24N2/c1-17(13-15-6-3-2-4-7-15)11-9-14-8-5-10-16-12-14/h2-4,6-7,14,16H,5,8-13H2,1H3/t14-/m0/s1. The molecule has 0 spiro atoms. The predicted molar refractivity (Wildman–Crippen MR) is 73.0 cm³/mol. The molecule has 1 aromatic rings. The van der Waals surface area contributed by atoms with Gasteiger partial charge >= 0.3 is 0 Å². The summed E-state index contributed by atoms with van der Waals surface area (Å²) in [6.45, 7) is 4.72. The summed E-state index contributed by atoms with van der Waals surface area (Å²) < 4.78 is 0. The zero-order valence-electron chi connectivity index (χ0n) is 10.9. The average Bonchev–Trinajstić information content (AvgIpc) is 2.39. The quantitative estimate of drug-likeness (QED) is 0.839. The van der Waals surface area contributed by atoms with E-state index in [1.165, 1.54) is 44.5 Å². The Balaban J connectivity index is 1.68. The van der Waals surface area contributed by atoms with Gasteiger partial charge in [-0.3, -0.25) is 0 Å². The van der Waals surface area contributed by atoms with Crippen LogP contribution in [-0.4, -0.2) is 31.6 Å². The van der Waals surface area contributed by atoms with Gasteiger partial charge in [0.15, 0.2) is 0 Å². The third-order valence-corrected chi connectivity index (χ3v) is 3.61. The van der Waals surface area contributed by atoms with Gasteiger partial charge < -0.3 is 10.2 Å². The molecule has 1 atom stereocenters. The smallest absolute Gasteiger partial charge is 0.0230 e. The summed E-state index contributed by atoms with van der Waals surface area (Å²) in [4.78, 5) is 2.43. The highest BCUT2D eigenvalue weighted by Crippen LogP contribution is 2.14. The van der Waals surface area contributed by atoms with E-state index in [2.05, 4.69) is 47.6 Å². The highest BCUT2D eigenvalue weighted by Gasteiger charge is 2.13. The molecule has 0 radical (unpaired) electrons. The number of piperidine rings is 1. The minimum atomic E-state index is 0.891. The van der Waals surface area contributed by atoms with E-state index in [0.717, 1.165) is 12.5 Å². The molecule has 0 unspecified atom stereocenters. The second-order valence-corrected chi connectivity index (χ2v) is 5.22. The number of benzene rings is 1. The van der Waals surface area contributed by atoms with Crippen LogP contribution in [0.3, 0.4) is 0 Å². The highest BCUT2D eigenvalue weighted by molar-refractivity contribution is 5.14. The van der Waals surface area contributed by atoms with Gasteiger partial charge in [0.1, 0.15) is 0 Å². The van der Waals surface area contributed by atoms with Gasteiger partial charge in [-0.1, -0.05) is 30.3 Å². The van der Waals surface area contributed by atoms with Gasteiger partial charge in [0, 0.05) is 6.54 Å². The van der Waals surface area contributed by atoms with Crippen molar-refractivity contribution in [3.63, 3.8) is 0 Å². The average molecular weight is 232 g/mol. The summed E-state index contributed by atoms with van der Waals surface area (Å²) in [7, 11) is 2.23. The molecule has 0 aromatic heterocycles. The Morgan fingerprint density at radius 3 is 2.82 bits per heavy atom. The first kappa shape index (κ1) is 12.6. The summed E-state index contributed by atoms with van der Waals surface area (Å²) >= 11 is 0. The van der Waals surface area contributed by atoms with Gasteiger partial charge in [0.25, 0.3) is 0 Å². The third kappa shape index (κ3) is 4.49. The fraction of sp³-hybridized carbons (Fsp3) is 0.600. The van der Waals surface area contributed by atoms with Gasteiger partial charge in [0.2, 0.25) is 0 Å².